The van der Waals surface area contributed by atoms with Gasteiger partial charge >= 0.3 is 0 Å². The number of nitrogens with zero attached hydrogens (tertiary/aromatic N) is 2. The van der Waals surface area contributed by atoms with Crippen LogP contribution in [0.4, 0.5) is 5.69 Å². The quantitative estimate of drug-likeness (QED) is 0.470. The molecule has 8 heteroatoms. The fourth-order valence-corrected chi connectivity index (χ4v) is 8.30. The van der Waals surface area contributed by atoms with Gasteiger partial charge in [0.05, 0.1) is 17.5 Å². The van der Waals surface area contributed by atoms with Crippen molar-refractivity contribution in [1.82, 2.24) is 0 Å². The number of ether oxygens (including phenoxy) is 1. The van der Waals surface area contributed by atoms with Gasteiger partial charge in [-0.2, -0.15) is 4.99 Å². The number of carbonyl (C=O) groups excluding carboxylic acids is 1. The molecule has 35 heavy (non-hydrogen) atoms. The summed E-state index contributed by atoms with van der Waals surface area (Å²) in [6, 6.07) is 27.1. The highest BCUT2D eigenvalue weighted by Crippen LogP contribution is 2.41. The summed E-state index contributed by atoms with van der Waals surface area (Å²) in [5.41, 5.74) is 2.98. The van der Waals surface area contributed by atoms with Gasteiger partial charge < -0.3 is 9.64 Å². The Hall–Kier alpha value is -3.10. The van der Waals surface area contributed by atoms with E-state index in [-0.39, 0.29) is 28.7 Å². The molecular weight excluding hydrogens is 480 g/mol. The molecular formula is C27H26N2O4S2. The third-order valence-corrected chi connectivity index (χ3v) is 9.33. The van der Waals surface area contributed by atoms with E-state index in [1.165, 1.54) is 11.8 Å². The van der Waals surface area contributed by atoms with E-state index in [1.54, 1.807) is 0 Å². The second kappa shape index (κ2) is 10.3. The van der Waals surface area contributed by atoms with Crippen LogP contribution in [0.5, 0.6) is 5.75 Å². The molecule has 1 amide bonds. The van der Waals surface area contributed by atoms with Crippen LogP contribution in [0, 0.1) is 0 Å². The largest absolute Gasteiger partial charge is 0.489 e. The molecule has 3 aromatic carbocycles. The summed E-state index contributed by atoms with van der Waals surface area (Å²) in [6.07, 6.45) is 0.928. The molecule has 2 heterocycles. The molecule has 0 saturated carbocycles. The van der Waals surface area contributed by atoms with Gasteiger partial charge in [0.2, 0.25) is 5.91 Å². The van der Waals surface area contributed by atoms with Crippen LogP contribution in [0.15, 0.2) is 89.9 Å². The topological polar surface area (TPSA) is 76.0 Å². The van der Waals surface area contributed by atoms with Crippen molar-refractivity contribution in [3.8, 4) is 5.75 Å². The smallest absolute Gasteiger partial charge is 0.248 e. The number of rotatable bonds is 7. The highest BCUT2D eigenvalue weighted by atomic mass is 32.2. The lowest BCUT2D eigenvalue weighted by Gasteiger charge is -2.24. The normalized spacial score (nSPS) is 21.7. The molecule has 5 rings (SSSR count). The number of amides is 1. The number of sulfone groups is 1. The Bertz CT molecular complexity index is 1310. The summed E-state index contributed by atoms with van der Waals surface area (Å²) in [7, 11) is -3.12. The zero-order valence-corrected chi connectivity index (χ0v) is 20.8. The zero-order valence-electron chi connectivity index (χ0n) is 19.1. The Morgan fingerprint density at radius 1 is 0.914 bits per heavy atom. The van der Waals surface area contributed by atoms with Crippen molar-refractivity contribution in [2.75, 3.05) is 16.4 Å². The Labute approximate surface area is 209 Å². The first-order valence-electron chi connectivity index (χ1n) is 11.6. The lowest BCUT2D eigenvalue weighted by Crippen LogP contribution is -2.37. The van der Waals surface area contributed by atoms with Crippen LogP contribution in [0.25, 0.3) is 0 Å². The van der Waals surface area contributed by atoms with Crippen LogP contribution in [0.2, 0.25) is 0 Å². The summed E-state index contributed by atoms with van der Waals surface area (Å²) in [4.78, 5) is 19.0. The van der Waals surface area contributed by atoms with Gasteiger partial charge in [-0.15, -0.1) is 0 Å². The maximum absolute atomic E-state index is 12.7. The molecule has 0 radical (unpaired) electrons. The van der Waals surface area contributed by atoms with E-state index in [4.69, 9.17) is 4.74 Å². The molecule has 2 aliphatic rings. The van der Waals surface area contributed by atoms with Crippen LogP contribution in [0.1, 0.15) is 17.5 Å². The van der Waals surface area contributed by atoms with E-state index < -0.39 is 9.84 Å². The van der Waals surface area contributed by atoms with Crippen LogP contribution in [-0.2, 0) is 27.7 Å². The maximum atomic E-state index is 12.7. The fraction of sp³-hybridized carbons (Fsp3) is 0.259. The molecule has 0 N–H and O–H groups in total. The number of anilines is 1. The molecule has 2 atom stereocenters. The number of aliphatic imine (C=N–C) groups is 1. The second-order valence-electron chi connectivity index (χ2n) is 8.71. The minimum atomic E-state index is -3.12. The van der Waals surface area contributed by atoms with E-state index in [2.05, 4.69) is 4.99 Å². The number of fused-ring (bicyclic) bond motifs is 1. The monoisotopic (exact) mass is 506 g/mol. The van der Waals surface area contributed by atoms with Gasteiger partial charge in [-0.1, -0.05) is 72.4 Å². The Balaban J connectivity index is 1.32. The van der Waals surface area contributed by atoms with Gasteiger partial charge in [0.1, 0.15) is 12.4 Å². The number of benzene rings is 3. The first-order valence-corrected chi connectivity index (χ1v) is 14.3. The number of hydrogen-bond acceptors (Lipinski definition) is 5. The molecule has 2 fully saturated rings. The highest BCUT2D eigenvalue weighted by Gasteiger charge is 2.49. The zero-order chi connectivity index (χ0) is 24.3. The minimum absolute atomic E-state index is 0.0636. The predicted octanol–water partition coefficient (Wildman–Crippen LogP) is 4.50. The first-order chi connectivity index (χ1) is 17.0. The molecule has 3 aromatic rings. The van der Waals surface area contributed by atoms with Gasteiger partial charge in [-0.05, 0) is 41.8 Å². The second-order valence-corrected chi connectivity index (χ2v) is 12.1. The average molecular weight is 507 g/mol. The van der Waals surface area contributed by atoms with Crippen LogP contribution < -0.4 is 9.64 Å². The molecule has 0 bridgehead atoms. The van der Waals surface area contributed by atoms with Crippen molar-refractivity contribution in [2.24, 2.45) is 4.99 Å². The van der Waals surface area contributed by atoms with Gasteiger partial charge in [0.15, 0.2) is 15.0 Å². The van der Waals surface area contributed by atoms with Crippen molar-refractivity contribution < 1.29 is 17.9 Å². The number of aryl methyl sites for hydroxylation is 1. The average Bonchev–Trinajstić information content (AvgIpc) is 3.33. The van der Waals surface area contributed by atoms with Gasteiger partial charge in [-0.3, -0.25) is 4.79 Å². The number of hydrogen-bond donors (Lipinski definition) is 0. The Kier molecular flexibility index (Phi) is 6.92. The van der Waals surface area contributed by atoms with Crippen LogP contribution >= 0.6 is 11.8 Å². The molecule has 2 aliphatic heterocycles. The van der Waals surface area contributed by atoms with Gasteiger partial charge in [0, 0.05) is 17.4 Å². The van der Waals surface area contributed by atoms with Crippen molar-refractivity contribution >= 4 is 38.4 Å². The molecule has 2 saturated heterocycles. The van der Waals surface area contributed by atoms with Crippen LogP contribution in [-0.4, -0.2) is 42.3 Å². The Morgan fingerprint density at radius 2 is 1.57 bits per heavy atom. The van der Waals surface area contributed by atoms with Gasteiger partial charge in [-0.25, -0.2) is 8.42 Å². The van der Waals surface area contributed by atoms with Crippen molar-refractivity contribution in [1.29, 1.82) is 0 Å². The van der Waals surface area contributed by atoms with E-state index in [0.29, 0.717) is 24.6 Å². The van der Waals surface area contributed by atoms with Crippen molar-refractivity contribution in [2.45, 2.75) is 30.7 Å². The lowest BCUT2D eigenvalue weighted by atomic mass is 10.1. The standard InChI is InChI=1S/C27H26N2O4S2/c30-26(16-11-20-7-3-1-4-8-20)28-27-29(24-18-35(31,32)19-25(24)34-27)22-12-14-23(15-13-22)33-17-21-9-5-2-6-10-21/h1-10,12-15,24-25H,11,16-19H2/t24-,25+/m1/s1. The maximum Gasteiger partial charge on any atom is 0.248 e. The predicted molar refractivity (Wildman–Crippen MR) is 141 cm³/mol. The van der Waals surface area contributed by atoms with Gasteiger partial charge in [0.25, 0.3) is 0 Å². The molecule has 0 spiro atoms. The molecule has 0 aliphatic carbocycles. The van der Waals surface area contributed by atoms with E-state index in [9.17, 15) is 13.2 Å². The van der Waals surface area contributed by atoms with Crippen LogP contribution in [0.3, 0.4) is 0 Å². The van der Waals surface area contributed by atoms with Crippen molar-refractivity contribution in [3.63, 3.8) is 0 Å². The third-order valence-electron chi connectivity index (χ3n) is 6.12. The highest BCUT2D eigenvalue weighted by molar-refractivity contribution is 8.16. The summed E-state index contributed by atoms with van der Waals surface area (Å²) in [6.45, 7) is 0.464. The summed E-state index contributed by atoms with van der Waals surface area (Å²) >= 11 is 1.39. The van der Waals surface area contributed by atoms with Crippen molar-refractivity contribution in [3.05, 3.63) is 96.1 Å². The Morgan fingerprint density at radius 3 is 2.26 bits per heavy atom. The summed E-state index contributed by atoms with van der Waals surface area (Å²) in [5.74, 6) is 0.687. The number of thioether (sulfide) groups is 1. The SMILES string of the molecule is O=C(CCc1ccccc1)N=C1S[C@H]2CS(=O)(=O)C[C@H]2N1c1ccc(OCc2ccccc2)cc1. The molecule has 180 valence electrons. The van der Waals surface area contributed by atoms with E-state index >= 15 is 0 Å². The summed E-state index contributed by atoms with van der Waals surface area (Å²) < 4.78 is 30.5. The minimum Gasteiger partial charge on any atom is -0.489 e. The fourth-order valence-electron chi connectivity index (χ4n) is 4.37. The summed E-state index contributed by atoms with van der Waals surface area (Å²) in [5, 5.41) is 0.445. The molecule has 0 unspecified atom stereocenters. The third kappa shape index (κ3) is 5.77. The van der Waals surface area contributed by atoms with E-state index in [1.807, 2.05) is 89.8 Å². The molecule has 6 nitrogen and oxygen atoms in total. The number of carbonyl (C=O) groups is 1. The first kappa shape index (κ1) is 23.6. The molecule has 0 aromatic heterocycles. The van der Waals surface area contributed by atoms with E-state index in [0.717, 1.165) is 22.6 Å². The lowest BCUT2D eigenvalue weighted by molar-refractivity contribution is -0.117. The number of amidine groups is 1.